The highest BCUT2D eigenvalue weighted by atomic mass is 127. The van der Waals surface area contributed by atoms with E-state index in [2.05, 4.69) is 93.9 Å². The summed E-state index contributed by atoms with van der Waals surface area (Å²) in [6.45, 7) is 6.50. The summed E-state index contributed by atoms with van der Waals surface area (Å²) in [5.41, 5.74) is 0.723. The second kappa shape index (κ2) is 7.91. The number of aliphatic hydroxyl groups excluding tert-OH is 1. The molecule has 1 aromatic rings. The van der Waals surface area contributed by atoms with Crippen molar-refractivity contribution in [2.24, 2.45) is 5.41 Å². The SMILES string of the molecule is CC(C)(C)CC(O)CNC(=O)c1cc(I)cc(I)c1I. The standard InChI is InChI=1S/C14H18I3NO2/c1-14(2,3)6-9(19)7-18-13(20)10-4-8(15)5-11(16)12(10)17/h4-5,9,19H,6-7H2,1-3H3,(H,18,20). The van der Waals surface area contributed by atoms with Crippen molar-refractivity contribution in [1.29, 1.82) is 0 Å². The Kier molecular flexibility index (Phi) is 7.47. The van der Waals surface area contributed by atoms with Crippen LogP contribution in [0.25, 0.3) is 0 Å². The van der Waals surface area contributed by atoms with Gasteiger partial charge in [-0.1, -0.05) is 20.8 Å². The first-order valence-electron chi connectivity index (χ1n) is 6.21. The number of carbonyl (C=O) groups excluding carboxylic acids is 1. The number of rotatable bonds is 4. The highest BCUT2D eigenvalue weighted by molar-refractivity contribution is 14.1. The Morgan fingerprint density at radius 3 is 2.45 bits per heavy atom. The maximum absolute atomic E-state index is 12.2. The van der Waals surface area contributed by atoms with Crippen molar-refractivity contribution in [2.45, 2.75) is 33.3 Å². The molecular formula is C14H18I3NO2. The molecule has 1 unspecified atom stereocenters. The van der Waals surface area contributed by atoms with E-state index >= 15 is 0 Å². The smallest absolute Gasteiger partial charge is 0.252 e. The average Bonchev–Trinajstić information content (AvgIpc) is 2.28. The van der Waals surface area contributed by atoms with Gasteiger partial charge >= 0.3 is 0 Å². The van der Waals surface area contributed by atoms with Crippen LogP contribution in [0, 0.1) is 16.1 Å². The number of hydrogen-bond acceptors (Lipinski definition) is 2. The summed E-state index contributed by atoms with van der Waals surface area (Å²) in [7, 11) is 0. The van der Waals surface area contributed by atoms with Gasteiger partial charge in [0.05, 0.1) is 11.7 Å². The molecule has 0 heterocycles. The second-order valence-electron chi connectivity index (χ2n) is 5.88. The van der Waals surface area contributed by atoms with Crippen molar-refractivity contribution in [1.82, 2.24) is 5.32 Å². The van der Waals surface area contributed by atoms with Crippen LogP contribution in [0.1, 0.15) is 37.6 Å². The van der Waals surface area contributed by atoms with Gasteiger partial charge in [-0.3, -0.25) is 4.79 Å². The van der Waals surface area contributed by atoms with Crippen LogP contribution in [0.5, 0.6) is 0 Å². The lowest BCUT2D eigenvalue weighted by Crippen LogP contribution is -2.34. The zero-order valence-electron chi connectivity index (χ0n) is 11.6. The molecule has 0 radical (unpaired) electrons. The molecule has 0 aliphatic carbocycles. The Morgan fingerprint density at radius 1 is 1.30 bits per heavy atom. The molecule has 112 valence electrons. The minimum absolute atomic E-state index is 0.0517. The molecule has 0 fully saturated rings. The number of nitrogens with one attached hydrogen (secondary N) is 1. The summed E-state index contributed by atoms with van der Waals surface area (Å²) in [6.07, 6.45) is 0.146. The summed E-state index contributed by atoms with van der Waals surface area (Å²) in [5.74, 6) is -0.126. The van der Waals surface area contributed by atoms with Crippen molar-refractivity contribution >= 4 is 73.7 Å². The van der Waals surface area contributed by atoms with Crippen LogP contribution in [0.3, 0.4) is 0 Å². The van der Waals surface area contributed by atoms with Crippen LogP contribution < -0.4 is 5.32 Å². The molecule has 0 bridgehead atoms. The predicted molar refractivity (Wildman–Crippen MR) is 107 cm³/mol. The number of halogens is 3. The first kappa shape index (κ1) is 18.9. The van der Waals surface area contributed by atoms with E-state index < -0.39 is 6.10 Å². The third-order valence-corrected chi connectivity index (χ3v) is 6.25. The lowest BCUT2D eigenvalue weighted by Gasteiger charge is -2.22. The summed E-state index contributed by atoms with van der Waals surface area (Å²) in [4.78, 5) is 12.2. The third-order valence-electron chi connectivity index (χ3n) is 2.58. The van der Waals surface area contributed by atoms with Crippen molar-refractivity contribution in [2.75, 3.05) is 6.54 Å². The topological polar surface area (TPSA) is 49.3 Å². The fraction of sp³-hybridized carbons (Fsp3) is 0.500. The van der Waals surface area contributed by atoms with Crippen molar-refractivity contribution in [3.63, 3.8) is 0 Å². The molecule has 1 amide bonds. The van der Waals surface area contributed by atoms with Gasteiger partial charge in [0.25, 0.3) is 5.91 Å². The summed E-state index contributed by atoms with van der Waals surface area (Å²) < 4.78 is 3.05. The van der Waals surface area contributed by atoms with E-state index in [1.54, 1.807) is 0 Å². The van der Waals surface area contributed by atoms with Crippen LogP contribution in [-0.2, 0) is 0 Å². The Hall–Kier alpha value is 0.840. The van der Waals surface area contributed by atoms with Crippen LogP contribution in [-0.4, -0.2) is 23.7 Å². The molecule has 0 aliphatic heterocycles. The Bertz CT molecular complexity index is 498. The van der Waals surface area contributed by atoms with Crippen LogP contribution in [0.2, 0.25) is 0 Å². The molecule has 3 nitrogen and oxygen atoms in total. The van der Waals surface area contributed by atoms with Gasteiger partial charge in [-0.2, -0.15) is 0 Å². The minimum atomic E-state index is -0.515. The fourth-order valence-electron chi connectivity index (χ4n) is 1.81. The maximum Gasteiger partial charge on any atom is 0.252 e. The molecule has 1 aromatic carbocycles. The van der Waals surface area contributed by atoms with Crippen molar-refractivity contribution in [3.05, 3.63) is 28.4 Å². The Morgan fingerprint density at radius 2 is 1.90 bits per heavy atom. The number of carbonyl (C=O) groups is 1. The van der Waals surface area contributed by atoms with E-state index in [1.165, 1.54) is 0 Å². The lowest BCUT2D eigenvalue weighted by molar-refractivity contribution is 0.0867. The molecule has 0 spiro atoms. The molecule has 20 heavy (non-hydrogen) atoms. The van der Waals surface area contributed by atoms with Gasteiger partial charge in [-0.05, 0) is 91.7 Å². The van der Waals surface area contributed by atoms with Gasteiger partial charge in [0, 0.05) is 17.3 Å². The first-order valence-corrected chi connectivity index (χ1v) is 9.44. The van der Waals surface area contributed by atoms with Crippen molar-refractivity contribution < 1.29 is 9.90 Å². The number of benzene rings is 1. The van der Waals surface area contributed by atoms with Crippen LogP contribution >= 0.6 is 67.8 Å². The quantitative estimate of drug-likeness (QED) is 0.399. The van der Waals surface area contributed by atoms with Gasteiger partial charge in [-0.15, -0.1) is 0 Å². The molecule has 6 heteroatoms. The summed E-state index contributed by atoms with van der Waals surface area (Å²) in [5, 5.41) is 12.8. The summed E-state index contributed by atoms with van der Waals surface area (Å²) in [6, 6.07) is 3.91. The molecule has 0 saturated heterocycles. The maximum atomic E-state index is 12.2. The van der Waals surface area contributed by atoms with E-state index in [1.807, 2.05) is 12.1 Å². The molecule has 2 N–H and O–H groups in total. The minimum Gasteiger partial charge on any atom is -0.391 e. The second-order valence-corrected chi connectivity index (χ2v) is 9.36. The highest BCUT2D eigenvalue weighted by Gasteiger charge is 2.19. The number of aliphatic hydroxyl groups is 1. The monoisotopic (exact) mass is 613 g/mol. The van der Waals surface area contributed by atoms with Crippen LogP contribution in [0.15, 0.2) is 12.1 Å². The molecule has 0 aliphatic rings. The Labute approximate surface area is 161 Å². The van der Waals surface area contributed by atoms with Crippen molar-refractivity contribution in [3.8, 4) is 0 Å². The lowest BCUT2D eigenvalue weighted by atomic mass is 9.89. The van der Waals surface area contributed by atoms with E-state index in [-0.39, 0.29) is 17.9 Å². The van der Waals surface area contributed by atoms with Crippen LogP contribution in [0.4, 0.5) is 0 Å². The van der Waals surface area contributed by atoms with Gasteiger partial charge in [0.15, 0.2) is 0 Å². The van der Waals surface area contributed by atoms with Gasteiger partial charge in [-0.25, -0.2) is 0 Å². The highest BCUT2D eigenvalue weighted by Crippen LogP contribution is 2.23. The Balaban J connectivity index is 2.69. The molecular weight excluding hydrogens is 595 g/mol. The molecule has 0 saturated carbocycles. The van der Waals surface area contributed by atoms with Gasteiger partial charge < -0.3 is 10.4 Å². The number of amides is 1. The van der Waals surface area contributed by atoms with E-state index in [0.29, 0.717) is 12.0 Å². The number of hydrogen-bond donors (Lipinski definition) is 2. The van der Waals surface area contributed by atoms with Gasteiger partial charge in [0.1, 0.15) is 0 Å². The summed E-state index contributed by atoms with van der Waals surface area (Å²) >= 11 is 6.61. The normalized spacial score (nSPS) is 13.2. The predicted octanol–water partition coefficient (Wildman–Crippen LogP) is 4.03. The largest absolute Gasteiger partial charge is 0.391 e. The van der Waals surface area contributed by atoms with E-state index in [9.17, 15) is 9.90 Å². The molecule has 0 aromatic heterocycles. The molecule has 1 rings (SSSR count). The zero-order chi connectivity index (χ0) is 15.5. The molecule has 1 atom stereocenters. The fourth-order valence-corrected chi connectivity index (χ4v) is 4.21. The van der Waals surface area contributed by atoms with E-state index in [0.717, 1.165) is 10.7 Å². The third kappa shape index (κ3) is 6.30. The van der Waals surface area contributed by atoms with E-state index in [4.69, 9.17) is 0 Å². The first-order chi connectivity index (χ1) is 9.10. The zero-order valence-corrected chi connectivity index (χ0v) is 18.1. The van der Waals surface area contributed by atoms with Gasteiger partial charge in [0.2, 0.25) is 0 Å². The average molecular weight is 613 g/mol.